The number of aromatic nitrogens is 2. The molecule has 1 aromatic heterocycles. The maximum atomic E-state index is 5.62. The van der Waals surface area contributed by atoms with Gasteiger partial charge in [0.25, 0.3) is 0 Å². The number of likely N-dealkylation sites (N-methyl/N-ethyl adjacent to an activating group) is 1. The highest BCUT2D eigenvalue weighted by atomic mass is 16.5. The highest BCUT2D eigenvalue weighted by Crippen LogP contribution is 2.13. The van der Waals surface area contributed by atoms with E-state index in [0.717, 1.165) is 25.2 Å². The SMILES string of the molecule is CCC(C)N(C)CCNc1nc(C)cc(OC(C)C)n1. The summed E-state index contributed by atoms with van der Waals surface area (Å²) < 4.78 is 5.62. The van der Waals surface area contributed by atoms with Gasteiger partial charge in [-0.1, -0.05) is 6.92 Å². The monoisotopic (exact) mass is 280 g/mol. The lowest BCUT2D eigenvalue weighted by Gasteiger charge is -2.23. The molecule has 1 rings (SSSR count). The van der Waals surface area contributed by atoms with Crippen molar-refractivity contribution in [3.8, 4) is 5.88 Å². The first-order valence-electron chi connectivity index (χ1n) is 7.38. The summed E-state index contributed by atoms with van der Waals surface area (Å²) in [5.41, 5.74) is 0.911. The molecule has 0 amide bonds. The van der Waals surface area contributed by atoms with E-state index in [1.165, 1.54) is 0 Å². The lowest BCUT2D eigenvalue weighted by molar-refractivity contribution is 0.232. The summed E-state index contributed by atoms with van der Waals surface area (Å²) in [7, 11) is 2.14. The second kappa shape index (κ2) is 8.04. The summed E-state index contributed by atoms with van der Waals surface area (Å²) in [5.74, 6) is 1.27. The average Bonchev–Trinajstić information content (AvgIpc) is 2.36. The Bertz CT molecular complexity index is 409. The van der Waals surface area contributed by atoms with E-state index < -0.39 is 0 Å². The molecule has 1 heterocycles. The van der Waals surface area contributed by atoms with E-state index in [0.29, 0.717) is 17.9 Å². The maximum Gasteiger partial charge on any atom is 0.226 e. The molecule has 1 N–H and O–H groups in total. The molecule has 1 unspecified atom stereocenters. The Hall–Kier alpha value is -1.36. The first-order chi connectivity index (χ1) is 9.42. The fraction of sp³-hybridized carbons (Fsp3) is 0.733. The molecule has 5 nitrogen and oxygen atoms in total. The second-order valence-corrected chi connectivity index (χ2v) is 5.50. The lowest BCUT2D eigenvalue weighted by atomic mass is 10.2. The van der Waals surface area contributed by atoms with Crippen LogP contribution in [0.5, 0.6) is 5.88 Å². The van der Waals surface area contributed by atoms with Crippen molar-refractivity contribution in [3.63, 3.8) is 0 Å². The minimum absolute atomic E-state index is 0.119. The average molecular weight is 280 g/mol. The summed E-state index contributed by atoms with van der Waals surface area (Å²) in [6.07, 6.45) is 1.28. The number of hydrogen-bond acceptors (Lipinski definition) is 5. The van der Waals surface area contributed by atoms with Gasteiger partial charge in [0.05, 0.1) is 6.10 Å². The summed E-state index contributed by atoms with van der Waals surface area (Å²) >= 11 is 0. The van der Waals surface area contributed by atoms with E-state index in [9.17, 15) is 0 Å². The highest BCUT2D eigenvalue weighted by Gasteiger charge is 2.07. The van der Waals surface area contributed by atoms with Crippen molar-refractivity contribution in [2.24, 2.45) is 0 Å². The zero-order valence-electron chi connectivity index (χ0n) is 13.6. The predicted molar refractivity (Wildman–Crippen MR) is 83.4 cm³/mol. The Balaban J connectivity index is 2.53. The van der Waals surface area contributed by atoms with Crippen LogP contribution in [0.25, 0.3) is 0 Å². The largest absolute Gasteiger partial charge is 0.475 e. The summed E-state index contributed by atoms with van der Waals surface area (Å²) in [4.78, 5) is 11.1. The summed E-state index contributed by atoms with van der Waals surface area (Å²) in [6, 6.07) is 2.45. The van der Waals surface area contributed by atoms with Gasteiger partial charge in [-0.2, -0.15) is 4.98 Å². The van der Waals surface area contributed by atoms with Gasteiger partial charge in [-0.25, -0.2) is 4.98 Å². The molecule has 0 aliphatic carbocycles. The number of hydrogen-bond donors (Lipinski definition) is 1. The van der Waals surface area contributed by atoms with Gasteiger partial charge in [-0.15, -0.1) is 0 Å². The van der Waals surface area contributed by atoms with Crippen molar-refractivity contribution in [1.29, 1.82) is 0 Å². The smallest absolute Gasteiger partial charge is 0.226 e. The topological polar surface area (TPSA) is 50.3 Å². The van der Waals surface area contributed by atoms with E-state index in [1.54, 1.807) is 0 Å². The van der Waals surface area contributed by atoms with E-state index >= 15 is 0 Å². The van der Waals surface area contributed by atoms with E-state index in [2.05, 4.69) is 41.1 Å². The molecule has 0 spiro atoms. The van der Waals surface area contributed by atoms with Crippen molar-refractivity contribution in [1.82, 2.24) is 14.9 Å². The Kier molecular flexibility index (Phi) is 6.71. The zero-order chi connectivity index (χ0) is 15.1. The lowest BCUT2D eigenvalue weighted by Crippen LogP contribution is -2.32. The van der Waals surface area contributed by atoms with Gasteiger partial charge in [-0.05, 0) is 41.2 Å². The number of ether oxygens (including phenoxy) is 1. The molecule has 0 aliphatic rings. The fourth-order valence-corrected chi connectivity index (χ4v) is 1.80. The van der Waals surface area contributed by atoms with Crippen molar-refractivity contribution < 1.29 is 4.74 Å². The molecule has 0 saturated heterocycles. The van der Waals surface area contributed by atoms with Gasteiger partial charge < -0.3 is 15.0 Å². The third-order valence-corrected chi connectivity index (χ3v) is 3.28. The first kappa shape index (κ1) is 16.7. The van der Waals surface area contributed by atoms with Crippen LogP contribution in [-0.4, -0.2) is 47.2 Å². The van der Waals surface area contributed by atoms with Gasteiger partial charge in [0, 0.05) is 30.9 Å². The first-order valence-corrected chi connectivity index (χ1v) is 7.38. The third kappa shape index (κ3) is 5.74. The standard InChI is InChI=1S/C15H28N4O/c1-7-13(5)19(6)9-8-16-15-17-12(4)10-14(18-15)20-11(2)3/h10-11,13H,7-9H2,1-6H3,(H,16,17,18). The summed E-state index contributed by atoms with van der Waals surface area (Å²) in [6.45, 7) is 12.2. The molecule has 0 saturated carbocycles. The van der Waals surface area contributed by atoms with Crippen LogP contribution in [0, 0.1) is 6.92 Å². The van der Waals surface area contributed by atoms with Crippen molar-refractivity contribution >= 4 is 5.95 Å². The van der Waals surface area contributed by atoms with E-state index in [4.69, 9.17) is 4.74 Å². The number of nitrogens with one attached hydrogen (secondary N) is 1. The molecule has 20 heavy (non-hydrogen) atoms. The molecule has 0 radical (unpaired) electrons. The van der Waals surface area contributed by atoms with Crippen LogP contribution in [0.15, 0.2) is 6.07 Å². The van der Waals surface area contributed by atoms with Crippen LogP contribution in [0.4, 0.5) is 5.95 Å². The Labute approximate surface area is 122 Å². The van der Waals surface area contributed by atoms with Crippen LogP contribution < -0.4 is 10.1 Å². The van der Waals surface area contributed by atoms with E-state index in [1.807, 2.05) is 26.8 Å². The van der Waals surface area contributed by atoms with Gasteiger partial charge in [0.2, 0.25) is 11.8 Å². The Morgan fingerprint density at radius 1 is 1.30 bits per heavy atom. The van der Waals surface area contributed by atoms with Gasteiger partial charge in [-0.3, -0.25) is 0 Å². The maximum absolute atomic E-state index is 5.62. The minimum Gasteiger partial charge on any atom is -0.475 e. The minimum atomic E-state index is 0.119. The third-order valence-electron chi connectivity index (χ3n) is 3.28. The predicted octanol–water partition coefficient (Wildman–Crippen LogP) is 2.71. The van der Waals surface area contributed by atoms with E-state index in [-0.39, 0.29) is 6.10 Å². The van der Waals surface area contributed by atoms with Crippen LogP contribution in [0.3, 0.4) is 0 Å². The van der Waals surface area contributed by atoms with Crippen molar-refractivity contribution in [2.75, 3.05) is 25.5 Å². The molecule has 114 valence electrons. The number of nitrogens with zero attached hydrogens (tertiary/aromatic N) is 3. The fourth-order valence-electron chi connectivity index (χ4n) is 1.80. The van der Waals surface area contributed by atoms with Crippen LogP contribution in [-0.2, 0) is 0 Å². The number of anilines is 1. The van der Waals surface area contributed by atoms with Gasteiger partial charge in [0.1, 0.15) is 0 Å². The molecule has 1 aromatic rings. The quantitative estimate of drug-likeness (QED) is 0.793. The molecule has 1 atom stereocenters. The summed E-state index contributed by atoms with van der Waals surface area (Å²) in [5, 5.41) is 3.27. The molecular formula is C15H28N4O. The molecule has 0 fully saturated rings. The number of aryl methyl sites for hydroxylation is 1. The van der Waals surface area contributed by atoms with Crippen LogP contribution in [0.2, 0.25) is 0 Å². The van der Waals surface area contributed by atoms with Crippen molar-refractivity contribution in [3.05, 3.63) is 11.8 Å². The van der Waals surface area contributed by atoms with Crippen LogP contribution >= 0.6 is 0 Å². The molecule has 0 aromatic carbocycles. The highest BCUT2D eigenvalue weighted by molar-refractivity contribution is 5.30. The normalized spacial score (nSPS) is 12.8. The molecule has 0 aliphatic heterocycles. The zero-order valence-corrected chi connectivity index (χ0v) is 13.6. The van der Waals surface area contributed by atoms with Crippen LogP contribution in [0.1, 0.15) is 39.8 Å². The second-order valence-electron chi connectivity index (χ2n) is 5.50. The number of rotatable bonds is 8. The van der Waals surface area contributed by atoms with Gasteiger partial charge >= 0.3 is 0 Å². The molecule has 5 heteroatoms. The van der Waals surface area contributed by atoms with Gasteiger partial charge in [0.15, 0.2) is 0 Å². The Morgan fingerprint density at radius 2 is 2.00 bits per heavy atom. The van der Waals surface area contributed by atoms with Crippen molar-refractivity contribution in [2.45, 2.75) is 53.2 Å². The Morgan fingerprint density at radius 3 is 2.60 bits per heavy atom. The molecular weight excluding hydrogens is 252 g/mol. The molecule has 0 bridgehead atoms.